The molecule has 1 aromatic heterocycles. The fourth-order valence-electron chi connectivity index (χ4n) is 4.95. The molecule has 176 valence electrons. The largest absolute Gasteiger partial charge is 0.497 e. The molecule has 7 nitrogen and oxygen atoms in total. The Morgan fingerprint density at radius 3 is 2.21 bits per heavy atom. The molecule has 34 heavy (non-hydrogen) atoms. The zero-order valence-electron chi connectivity index (χ0n) is 19.5. The Morgan fingerprint density at radius 2 is 1.59 bits per heavy atom. The van der Waals surface area contributed by atoms with E-state index in [-0.39, 0.29) is 5.91 Å². The first-order chi connectivity index (χ1) is 16.7. The molecule has 0 aliphatic carbocycles. The van der Waals surface area contributed by atoms with Crippen LogP contribution in [0.1, 0.15) is 18.4 Å². The number of benzene rings is 2. The van der Waals surface area contributed by atoms with Gasteiger partial charge in [-0.2, -0.15) is 0 Å². The van der Waals surface area contributed by atoms with Crippen molar-refractivity contribution in [3.63, 3.8) is 0 Å². The van der Waals surface area contributed by atoms with Gasteiger partial charge >= 0.3 is 0 Å². The van der Waals surface area contributed by atoms with Gasteiger partial charge in [-0.1, -0.05) is 30.3 Å². The number of hydrogen-bond acceptors (Lipinski definition) is 6. The topological polar surface area (TPSA) is 67.8 Å². The highest BCUT2D eigenvalue weighted by Crippen LogP contribution is 2.37. The first-order valence-electron chi connectivity index (χ1n) is 11.9. The van der Waals surface area contributed by atoms with Crippen molar-refractivity contribution in [1.82, 2.24) is 15.1 Å². The molecule has 3 aromatic rings. The van der Waals surface area contributed by atoms with Crippen molar-refractivity contribution in [1.29, 1.82) is 0 Å². The van der Waals surface area contributed by atoms with E-state index in [4.69, 9.17) is 9.47 Å². The maximum atomic E-state index is 13.8. The second-order valence-corrected chi connectivity index (χ2v) is 8.85. The van der Waals surface area contributed by atoms with Crippen molar-refractivity contribution in [2.75, 3.05) is 51.4 Å². The minimum atomic E-state index is -0.485. The predicted molar refractivity (Wildman–Crippen MR) is 131 cm³/mol. The van der Waals surface area contributed by atoms with E-state index in [1.54, 1.807) is 7.11 Å². The molecule has 7 heteroatoms. The van der Waals surface area contributed by atoms with Gasteiger partial charge in [-0.05, 0) is 54.8 Å². The number of piperazine rings is 1. The van der Waals surface area contributed by atoms with Crippen molar-refractivity contribution in [3.05, 3.63) is 72.3 Å². The lowest BCUT2D eigenvalue weighted by atomic mass is 9.73. The lowest BCUT2D eigenvalue weighted by molar-refractivity contribution is -0.141. The van der Waals surface area contributed by atoms with Gasteiger partial charge < -0.3 is 19.3 Å². The number of ether oxygens (including phenoxy) is 2. The summed E-state index contributed by atoms with van der Waals surface area (Å²) in [5.41, 5.74) is 2.44. The van der Waals surface area contributed by atoms with E-state index in [1.807, 2.05) is 59.5 Å². The summed E-state index contributed by atoms with van der Waals surface area (Å²) in [5, 5.41) is 8.90. The first kappa shape index (κ1) is 22.3. The number of rotatable bonds is 5. The minimum absolute atomic E-state index is 0.225. The first-order valence-corrected chi connectivity index (χ1v) is 11.9. The van der Waals surface area contributed by atoms with Crippen LogP contribution in [0.2, 0.25) is 0 Å². The number of aromatic nitrogens is 2. The highest BCUT2D eigenvalue weighted by molar-refractivity contribution is 5.88. The molecular formula is C27H30N4O3. The predicted octanol–water partition coefficient (Wildman–Crippen LogP) is 3.55. The van der Waals surface area contributed by atoms with E-state index in [2.05, 4.69) is 27.2 Å². The third-order valence-corrected chi connectivity index (χ3v) is 7.01. The molecule has 2 aromatic carbocycles. The Hall–Kier alpha value is -3.45. The number of nitrogens with zero attached hydrogens (tertiary/aromatic N) is 4. The highest BCUT2D eigenvalue weighted by Gasteiger charge is 2.44. The average Bonchev–Trinajstić information content (AvgIpc) is 2.94. The van der Waals surface area contributed by atoms with Crippen LogP contribution in [-0.2, 0) is 14.9 Å². The monoisotopic (exact) mass is 458 g/mol. The summed E-state index contributed by atoms with van der Waals surface area (Å²) in [7, 11) is 1.65. The van der Waals surface area contributed by atoms with Crippen LogP contribution in [0.3, 0.4) is 0 Å². The molecule has 3 heterocycles. The number of carbonyl (C=O) groups is 1. The summed E-state index contributed by atoms with van der Waals surface area (Å²) in [6.07, 6.45) is 1.46. The molecule has 0 unspecified atom stereocenters. The number of amides is 1. The molecule has 0 bridgehead atoms. The fraction of sp³-hybridized carbons (Fsp3) is 0.370. The van der Waals surface area contributed by atoms with Crippen LogP contribution in [0, 0.1) is 0 Å². The Labute approximate surface area is 200 Å². The van der Waals surface area contributed by atoms with E-state index in [1.165, 1.54) is 0 Å². The van der Waals surface area contributed by atoms with E-state index in [0.29, 0.717) is 26.3 Å². The zero-order valence-corrected chi connectivity index (χ0v) is 19.5. The molecule has 2 aliphatic heterocycles. The number of hydrogen-bond donors (Lipinski definition) is 0. The summed E-state index contributed by atoms with van der Waals surface area (Å²) >= 11 is 0. The Bertz CT molecular complexity index is 1090. The van der Waals surface area contributed by atoms with Crippen LogP contribution in [-0.4, -0.2) is 67.5 Å². The normalized spacial score (nSPS) is 17.9. The molecule has 0 N–H and O–H groups in total. The van der Waals surface area contributed by atoms with Crippen molar-refractivity contribution in [2.45, 2.75) is 18.3 Å². The maximum absolute atomic E-state index is 13.8. The molecular weight excluding hydrogens is 428 g/mol. The maximum Gasteiger partial charge on any atom is 0.233 e. The molecule has 2 fully saturated rings. The molecule has 2 saturated heterocycles. The van der Waals surface area contributed by atoms with E-state index in [9.17, 15) is 4.79 Å². The second-order valence-electron chi connectivity index (χ2n) is 8.85. The summed E-state index contributed by atoms with van der Waals surface area (Å²) in [6.45, 7) is 4.08. The van der Waals surface area contributed by atoms with Gasteiger partial charge in [0, 0.05) is 45.0 Å². The summed E-state index contributed by atoms with van der Waals surface area (Å²) in [5.74, 6) is 1.88. The quantitative estimate of drug-likeness (QED) is 0.583. The van der Waals surface area contributed by atoms with Crippen molar-refractivity contribution >= 4 is 11.7 Å². The molecule has 0 saturated carbocycles. The van der Waals surface area contributed by atoms with Gasteiger partial charge in [-0.15, -0.1) is 10.2 Å². The van der Waals surface area contributed by atoms with Crippen LogP contribution in [0.4, 0.5) is 5.82 Å². The third-order valence-electron chi connectivity index (χ3n) is 7.01. The fourth-order valence-corrected chi connectivity index (χ4v) is 4.95. The lowest BCUT2D eigenvalue weighted by Crippen LogP contribution is -2.56. The Kier molecular flexibility index (Phi) is 6.45. The smallest absolute Gasteiger partial charge is 0.233 e. The van der Waals surface area contributed by atoms with E-state index >= 15 is 0 Å². The number of anilines is 1. The van der Waals surface area contributed by atoms with Crippen molar-refractivity contribution < 1.29 is 14.3 Å². The SMILES string of the molecule is COc1ccc(-c2ccc(N3CCN(C(=O)C4(c5ccccc5)CCOCC4)CC3)nn2)cc1. The molecule has 0 atom stereocenters. The average molecular weight is 459 g/mol. The van der Waals surface area contributed by atoms with Gasteiger partial charge in [-0.25, -0.2) is 0 Å². The van der Waals surface area contributed by atoms with Crippen LogP contribution >= 0.6 is 0 Å². The van der Waals surface area contributed by atoms with Gasteiger partial charge in [0.1, 0.15) is 5.75 Å². The van der Waals surface area contributed by atoms with E-state index < -0.39 is 5.41 Å². The zero-order chi connectivity index (χ0) is 23.4. The molecule has 2 aliphatic rings. The lowest BCUT2D eigenvalue weighted by Gasteiger charge is -2.43. The number of carbonyl (C=O) groups excluding carboxylic acids is 1. The molecule has 0 spiro atoms. The van der Waals surface area contributed by atoms with Crippen LogP contribution in [0.15, 0.2) is 66.7 Å². The van der Waals surface area contributed by atoms with Crippen LogP contribution < -0.4 is 9.64 Å². The molecule has 5 rings (SSSR count). The van der Waals surface area contributed by atoms with Gasteiger partial charge in [0.05, 0.1) is 18.2 Å². The second kappa shape index (κ2) is 9.81. The van der Waals surface area contributed by atoms with Crippen molar-refractivity contribution in [3.8, 4) is 17.0 Å². The van der Waals surface area contributed by atoms with E-state index in [0.717, 1.165) is 54.3 Å². The molecule has 0 radical (unpaired) electrons. The standard InChI is InChI=1S/C27H30N4O3/c1-33-23-9-7-21(8-10-23)24-11-12-25(29-28-24)30-15-17-31(18-16-30)26(32)27(13-19-34-20-14-27)22-5-3-2-4-6-22/h2-12H,13-20H2,1H3. The van der Waals surface area contributed by atoms with Gasteiger partial charge in [0.2, 0.25) is 5.91 Å². The van der Waals surface area contributed by atoms with Crippen LogP contribution in [0.25, 0.3) is 11.3 Å². The summed E-state index contributed by atoms with van der Waals surface area (Å²) in [4.78, 5) is 18.0. The van der Waals surface area contributed by atoms with Gasteiger partial charge in [0.15, 0.2) is 5.82 Å². The Balaban J connectivity index is 1.25. The molecule has 1 amide bonds. The van der Waals surface area contributed by atoms with Crippen LogP contribution in [0.5, 0.6) is 5.75 Å². The van der Waals surface area contributed by atoms with Gasteiger partial charge in [0.25, 0.3) is 0 Å². The van der Waals surface area contributed by atoms with Gasteiger partial charge in [-0.3, -0.25) is 4.79 Å². The Morgan fingerprint density at radius 1 is 0.882 bits per heavy atom. The third kappa shape index (κ3) is 4.35. The number of methoxy groups -OCH3 is 1. The minimum Gasteiger partial charge on any atom is -0.497 e. The highest BCUT2D eigenvalue weighted by atomic mass is 16.5. The van der Waals surface area contributed by atoms with Crippen molar-refractivity contribution in [2.24, 2.45) is 0 Å². The summed E-state index contributed by atoms with van der Waals surface area (Å²) < 4.78 is 10.8. The summed E-state index contributed by atoms with van der Waals surface area (Å²) in [6, 6.07) is 22.0.